The number of rotatable bonds is 4. The lowest BCUT2D eigenvalue weighted by Gasteiger charge is -2.16. The molecule has 0 atom stereocenters. The van der Waals surface area contributed by atoms with E-state index in [1.165, 1.54) is 0 Å². The average Bonchev–Trinajstić information content (AvgIpc) is 2.47. The van der Waals surface area contributed by atoms with E-state index in [-0.39, 0.29) is 6.61 Å². The Bertz CT molecular complexity index is 524. The standard InChI is InChI=1S/C13H12N4O2/c1-2-8-19-13(18)17(16-11(9-14)10-15)12-6-4-3-5-7-12/h3-7H,2,8H2,1H3. The fourth-order valence-corrected chi connectivity index (χ4v) is 1.19. The topological polar surface area (TPSA) is 89.5 Å². The van der Waals surface area contributed by atoms with Gasteiger partial charge in [-0.2, -0.15) is 15.5 Å². The summed E-state index contributed by atoms with van der Waals surface area (Å²) >= 11 is 0. The molecule has 1 rings (SSSR count). The molecule has 96 valence electrons. The second kappa shape index (κ2) is 7.46. The summed E-state index contributed by atoms with van der Waals surface area (Å²) in [5, 5.41) is 22.0. The van der Waals surface area contributed by atoms with E-state index < -0.39 is 11.8 Å². The Morgan fingerprint density at radius 1 is 1.32 bits per heavy atom. The van der Waals surface area contributed by atoms with E-state index in [1.807, 2.05) is 6.92 Å². The highest BCUT2D eigenvalue weighted by molar-refractivity contribution is 6.11. The van der Waals surface area contributed by atoms with Crippen LogP contribution in [0.25, 0.3) is 0 Å². The number of anilines is 1. The second-order valence-electron chi connectivity index (χ2n) is 3.43. The van der Waals surface area contributed by atoms with E-state index in [9.17, 15) is 4.79 Å². The van der Waals surface area contributed by atoms with Crippen molar-refractivity contribution in [2.24, 2.45) is 5.10 Å². The molecule has 0 fully saturated rings. The van der Waals surface area contributed by atoms with Crippen molar-refractivity contribution >= 4 is 17.5 Å². The van der Waals surface area contributed by atoms with Crippen LogP contribution in [0.1, 0.15) is 13.3 Å². The highest BCUT2D eigenvalue weighted by Crippen LogP contribution is 2.15. The molecule has 0 saturated heterocycles. The van der Waals surface area contributed by atoms with Gasteiger partial charge in [0.15, 0.2) is 0 Å². The van der Waals surface area contributed by atoms with E-state index in [4.69, 9.17) is 15.3 Å². The molecule has 0 heterocycles. The molecular formula is C13H12N4O2. The predicted molar refractivity (Wildman–Crippen MR) is 69.2 cm³/mol. The van der Waals surface area contributed by atoms with Crippen LogP contribution in [-0.2, 0) is 4.74 Å². The van der Waals surface area contributed by atoms with Crippen molar-refractivity contribution in [2.45, 2.75) is 13.3 Å². The Kier molecular flexibility index (Phi) is 5.58. The minimum absolute atomic E-state index is 0.242. The molecule has 0 spiro atoms. The van der Waals surface area contributed by atoms with E-state index in [1.54, 1.807) is 42.5 Å². The summed E-state index contributed by atoms with van der Waals surface area (Å²) in [5.41, 5.74) is 0.00362. The second-order valence-corrected chi connectivity index (χ2v) is 3.43. The number of carbonyl (C=O) groups excluding carboxylic acids is 1. The molecule has 0 N–H and O–H groups in total. The number of carbonyl (C=O) groups is 1. The van der Waals surface area contributed by atoms with E-state index in [0.717, 1.165) is 5.01 Å². The molecule has 1 aromatic rings. The maximum atomic E-state index is 11.8. The number of benzene rings is 1. The number of nitriles is 2. The number of ether oxygens (including phenoxy) is 1. The molecule has 0 aliphatic rings. The Hall–Kier alpha value is -2.86. The molecule has 0 unspecified atom stereocenters. The Balaban J connectivity index is 3.06. The van der Waals surface area contributed by atoms with Crippen molar-refractivity contribution in [3.63, 3.8) is 0 Å². The third-order valence-electron chi connectivity index (χ3n) is 2.02. The van der Waals surface area contributed by atoms with Gasteiger partial charge in [0.25, 0.3) is 0 Å². The van der Waals surface area contributed by atoms with Crippen LogP contribution >= 0.6 is 0 Å². The lowest BCUT2D eigenvalue weighted by Crippen LogP contribution is -2.27. The molecule has 0 saturated carbocycles. The van der Waals surface area contributed by atoms with Crippen molar-refractivity contribution in [1.82, 2.24) is 0 Å². The van der Waals surface area contributed by atoms with Crippen LogP contribution in [0.15, 0.2) is 35.4 Å². The van der Waals surface area contributed by atoms with Gasteiger partial charge in [-0.25, -0.2) is 4.79 Å². The smallest absolute Gasteiger partial charge is 0.435 e. The van der Waals surface area contributed by atoms with Gasteiger partial charge >= 0.3 is 6.09 Å². The van der Waals surface area contributed by atoms with Gasteiger partial charge in [0.2, 0.25) is 5.71 Å². The Morgan fingerprint density at radius 2 is 1.95 bits per heavy atom. The number of para-hydroxylation sites is 1. The van der Waals surface area contributed by atoms with Crippen LogP contribution in [0, 0.1) is 22.7 Å². The van der Waals surface area contributed by atoms with Crippen LogP contribution in [-0.4, -0.2) is 18.4 Å². The molecule has 6 nitrogen and oxygen atoms in total. The molecule has 1 amide bonds. The average molecular weight is 256 g/mol. The number of hydrazone groups is 1. The zero-order valence-electron chi connectivity index (χ0n) is 10.4. The van der Waals surface area contributed by atoms with Crippen LogP contribution in [0.5, 0.6) is 0 Å². The molecule has 0 aliphatic heterocycles. The summed E-state index contributed by atoms with van der Waals surface area (Å²) in [6, 6.07) is 11.7. The molecule has 0 aromatic heterocycles. The van der Waals surface area contributed by atoms with Gasteiger partial charge in [-0.15, -0.1) is 5.10 Å². The monoisotopic (exact) mass is 256 g/mol. The van der Waals surface area contributed by atoms with Gasteiger partial charge < -0.3 is 4.74 Å². The first kappa shape index (κ1) is 14.2. The quantitative estimate of drug-likeness (QED) is 0.611. The number of hydrogen-bond acceptors (Lipinski definition) is 5. The lowest BCUT2D eigenvalue weighted by molar-refractivity contribution is 0.154. The van der Waals surface area contributed by atoms with Gasteiger partial charge in [0.05, 0.1) is 12.3 Å². The van der Waals surface area contributed by atoms with Crippen molar-refractivity contribution in [2.75, 3.05) is 11.6 Å². The van der Waals surface area contributed by atoms with Crippen molar-refractivity contribution in [3.05, 3.63) is 30.3 Å². The predicted octanol–water partition coefficient (Wildman–Crippen LogP) is 2.44. The first-order chi connectivity index (χ1) is 9.22. The molecule has 0 aliphatic carbocycles. The molecule has 6 heteroatoms. The zero-order valence-corrected chi connectivity index (χ0v) is 10.4. The minimum Gasteiger partial charge on any atom is -0.448 e. The number of amides is 1. The van der Waals surface area contributed by atoms with Gasteiger partial charge in [-0.05, 0) is 18.6 Å². The summed E-state index contributed by atoms with van der Waals surface area (Å²) in [6.07, 6.45) is -0.0578. The fraction of sp³-hybridized carbons (Fsp3) is 0.231. The third kappa shape index (κ3) is 4.14. The first-order valence-corrected chi connectivity index (χ1v) is 5.63. The van der Waals surface area contributed by atoms with E-state index in [0.29, 0.717) is 12.1 Å². The van der Waals surface area contributed by atoms with Crippen LogP contribution < -0.4 is 5.01 Å². The first-order valence-electron chi connectivity index (χ1n) is 5.63. The largest absolute Gasteiger partial charge is 0.448 e. The highest BCUT2D eigenvalue weighted by Gasteiger charge is 2.17. The molecule has 0 bridgehead atoms. The lowest BCUT2D eigenvalue weighted by atomic mass is 10.3. The van der Waals surface area contributed by atoms with Crippen LogP contribution in [0.3, 0.4) is 0 Å². The van der Waals surface area contributed by atoms with Crippen LogP contribution in [0.4, 0.5) is 10.5 Å². The SMILES string of the molecule is CCCOC(=O)N(N=C(C#N)C#N)c1ccccc1. The van der Waals surface area contributed by atoms with E-state index in [2.05, 4.69) is 5.10 Å². The molecule has 19 heavy (non-hydrogen) atoms. The van der Waals surface area contributed by atoms with Crippen LogP contribution in [0.2, 0.25) is 0 Å². The van der Waals surface area contributed by atoms with E-state index >= 15 is 0 Å². The highest BCUT2D eigenvalue weighted by atomic mass is 16.6. The van der Waals surface area contributed by atoms with Gasteiger partial charge in [0, 0.05) is 0 Å². The summed E-state index contributed by atoms with van der Waals surface area (Å²) in [4.78, 5) is 11.8. The maximum absolute atomic E-state index is 11.8. The summed E-state index contributed by atoms with van der Waals surface area (Å²) in [7, 11) is 0. The molecular weight excluding hydrogens is 244 g/mol. The Morgan fingerprint density at radius 3 is 2.47 bits per heavy atom. The molecule has 0 radical (unpaired) electrons. The normalized spacial score (nSPS) is 8.79. The minimum atomic E-state index is -0.726. The summed E-state index contributed by atoms with van der Waals surface area (Å²) in [5.74, 6) is 0. The van der Waals surface area contributed by atoms with Gasteiger partial charge in [-0.3, -0.25) is 0 Å². The number of nitrogens with zero attached hydrogens (tertiary/aromatic N) is 4. The Labute approximate surface area is 111 Å². The van der Waals surface area contributed by atoms with Gasteiger partial charge in [0.1, 0.15) is 12.1 Å². The van der Waals surface area contributed by atoms with Crippen molar-refractivity contribution in [1.29, 1.82) is 10.5 Å². The fourth-order valence-electron chi connectivity index (χ4n) is 1.19. The number of hydrogen-bond donors (Lipinski definition) is 0. The van der Waals surface area contributed by atoms with Crippen molar-refractivity contribution < 1.29 is 9.53 Å². The summed E-state index contributed by atoms with van der Waals surface area (Å²) < 4.78 is 4.96. The summed E-state index contributed by atoms with van der Waals surface area (Å²) in [6.45, 7) is 2.10. The van der Waals surface area contributed by atoms with Gasteiger partial charge in [-0.1, -0.05) is 25.1 Å². The van der Waals surface area contributed by atoms with Crippen molar-refractivity contribution in [3.8, 4) is 12.1 Å². The zero-order chi connectivity index (χ0) is 14.1. The third-order valence-corrected chi connectivity index (χ3v) is 2.02. The maximum Gasteiger partial charge on any atom is 0.435 e. The molecule has 1 aromatic carbocycles.